The van der Waals surface area contributed by atoms with Gasteiger partial charge in [0.15, 0.2) is 0 Å². The first-order chi connectivity index (χ1) is 12.3. The summed E-state index contributed by atoms with van der Waals surface area (Å²) in [5.74, 6) is -0.233. The van der Waals surface area contributed by atoms with E-state index >= 15 is 0 Å². The summed E-state index contributed by atoms with van der Waals surface area (Å²) in [6.07, 6.45) is 2.16. The van der Waals surface area contributed by atoms with Gasteiger partial charge in [-0.05, 0) is 30.2 Å². The molecule has 1 aromatic rings. The summed E-state index contributed by atoms with van der Waals surface area (Å²) in [5, 5.41) is 0.104. The molecule has 0 aromatic heterocycles. The molecule has 1 heterocycles. The number of carbonyl (C=O) groups is 1. The van der Waals surface area contributed by atoms with Crippen LogP contribution in [0, 0.1) is 0 Å². The number of esters is 1. The van der Waals surface area contributed by atoms with E-state index in [1.165, 1.54) is 7.11 Å². The maximum absolute atomic E-state index is 11.6. The fourth-order valence-electron chi connectivity index (χ4n) is 2.88. The molecule has 2 rings (SSSR count). The number of nitrogens with two attached hydrogens (primary N) is 3. The molecule has 0 radical (unpaired) electrons. The number of morpholine rings is 1. The first kappa shape index (κ1) is 19.9. The van der Waals surface area contributed by atoms with Crippen LogP contribution < -0.4 is 17.2 Å². The summed E-state index contributed by atoms with van der Waals surface area (Å²) in [5.41, 5.74) is 19.2. The third-order valence-electron chi connectivity index (χ3n) is 4.24. The summed E-state index contributed by atoms with van der Waals surface area (Å²) in [6, 6.07) is 7.15. The van der Waals surface area contributed by atoms with Crippen molar-refractivity contribution in [1.29, 1.82) is 0 Å². The van der Waals surface area contributed by atoms with Gasteiger partial charge in [-0.2, -0.15) is 0 Å². The first-order valence-corrected chi connectivity index (χ1v) is 8.70. The second kappa shape index (κ2) is 8.82. The van der Waals surface area contributed by atoms with Crippen molar-refractivity contribution in [2.24, 2.45) is 17.2 Å². The van der Waals surface area contributed by atoms with Crippen molar-refractivity contribution in [1.82, 2.24) is 4.90 Å². The lowest BCUT2D eigenvalue weighted by atomic mass is 10.0. The first-order valence-electron chi connectivity index (χ1n) is 8.32. The topological polar surface area (TPSA) is 117 Å². The fourth-order valence-corrected chi connectivity index (χ4v) is 2.99. The standard InChI is InChI=1S/C18H25ClN4O3/c1-3-13-9-23(14(17(21)22)8-16(19)20)10-15(26-13)11-4-6-12(7-5-11)18(24)25-2/h4-8,13,15H,3,9-10,20-22H2,1-2H3/b16-8-. The second-order valence-corrected chi connectivity index (χ2v) is 6.48. The van der Waals surface area contributed by atoms with Crippen molar-refractivity contribution in [3.8, 4) is 0 Å². The van der Waals surface area contributed by atoms with Crippen LogP contribution in [-0.4, -0.2) is 37.2 Å². The van der Waals surface area contributed by atoms with Gasteiger partial charge in [-0.15, -0.1) is 0 Å². The predicted molar refractivity (Wildman–Crippen MR) is 101 cm³/mol. The van der Waals surface area contributed by atoms with Crippen LogP contribution in [0.5, 0.6) is 0 Å². The fraction of sp³-hybridized carbons (Fsp3) is 0.389. The Balaban J connectivity index is 2.28. The second-order valence-electron chi connectivity index (χ2n) is 6.04. The highest BCUT2D eigenvalue weighted by Gasteiger charge is 2.29. The summed E-state index contributed by atoms with van der Waals surface area (Å²) in [7, 11) is 1.35. The molecule has 2 unspecified atom stereocenters. The number of ether oxygens (including phenoxy) is 2. The Labute approximate surface area is 158 Å². The molecule has 2 atom stereocenters. The summed E-state index contributed by atoms with van der Waals surface area (Å²) in [6.45, 7) is 3.20. The van der Waals surface area contributed by atoms with Crippen LogP contribution >= 0.6 is 11.6 Å². The minimum Gasteiger partial charge on any atom is -0.465 e. The SMILES string of the molecule is CCC1CN(C(/C=C(\N)Cl)=C(N)N)CC(c2ccc(C(=O)OC)cc2)O1. The minimum absolute atomic E-state index is 0.00617. The number of allylic oxidation sites excluding steroid dienone is 1. The molecule has 1 aliphatic rings. The van der Waals surface area contributed by atoms with E-state index in [0.29, 0.717) is 24.4 Å². The molecule has 1 aromatic carbocycles. The smallest absolute Gasteiger partial charge is 0.337 e. The van der Waals surface area contributed by atoms with Crippen molar-refractivity contribution in [3.63, 3.8) is 0 Å². The van der Waals surface area contributed by atoms with Crippen molar-refractivity contribution in [3.05, 3.63) is 58.1 Å². The zero-order valence-electron chi connectivity index (χ0n) is 14.9. The number of hydrogen-bond acceptors (Lipinski definition) is 7. The molecular weight excluding hydrogens is 356 g/mol. The molecule has 1 saturated heterocycles. The number of carbonyl (C=O) groups excluding carboxylic acids is 1. The predicted octanol–water partition coefficient (Wildman–Crippen LogP) is 1.75. The van der Waals surface area contributed by atoms with Crippen LogP contribution in [0.4, 0.5) is 0 Å². The molecule has 6 N–H and O–H groups in total. The van der Waals surface area contributed by atoms with Gasteiger partial charge in [-0.1, -0.05) is 30.7 Å². The quantitative estimate of drug-likeness (QED) is 0.404. The highest BCUT2D eigenvalue weighted by molar-refractivity contribution is 6.29. The van der Waals surface area contributed by atoms with Crippen LogP contribution in [0.2, 0.25) is 0 Å². The molecule has 0 bridgehead atoms. The monoisotopic (exact) mass is 380 g/mol. The number of benzene rings is 1. The van der Waals surface area contributed by atoms with E-state index in [2.05, 4.69) is 0 Å². The van der Waals surface area contributed by atoms with E-state index in [-0.39, 0.29) is 29.2 Å². The Morgan fingerprint density at radius 2 is 1.96 bits per heavy atom. The summed E-state index contributed by atoms with van der Waals surface area (Å²) >= 11 is 5.81. The van der Waals surface area contributed by atoms with Gasteiger partial charge >= 0.3 is 5.97 Å². The molecule has 0 spiro atoms. The highest BCUT2D eigenvalue weighted by atomic mass is 35.5. The van der Waals surface area contributed by atoms with E-state index in [1.807, 2.05) is 24.0 Å². The van der Waals surface area contributed by atoms with Crippen molar-refractivity contribution in [2.75, 3.05) is 20.2 Å². The lowest BCUT2D eigenvalue weighted by Crippen LogP contribution is -2.44. The summed E-state index contributed by atoms with van der Waals surface area (Å²) in [4.78, 5) is 13.6. The van der Waals surface area contributed by atoms with Gasteiger partial charge in [0.05, 0.1) is 24.5 Å². The Hall–Kier alpha value is -2.38. The number of nitrogens with zero attached hydrogens (tertiary/aromatic N) is 1. The number of hydrogen-bond donors (Lipinski definition) is 3. The minimum atomic E-state index is -0.377. The average Bonchev–Trinajstić information content (AvgIpc) is 2.64. The van der Waals surface area contributed by atoms with Crippen LogP contribution in [0.15, 0.2) is 47.0 Å². The molecule has 142 valence electrons. The Morgan fingerprint density at radius 3 is 2.46 bits per heavy atom. The normalized spacial score (nSPS) is 20.6. The van der Waals surface area contributed by atoms with Gasteiger partial charge in [-0.3, -0.25) is 0 Å². The van der Waals surface area contributed by atoms with Gasteiger partial charge in [-0.25, -0.2) is 4.79 Å². The van der Waals surface area contributed by atoms with Crippen LogP contribution in [0.3, 0.4) is 0 Å². The van der Waals surface area contributed by atoms with Gasteiger partial charge in [0.25, 0.3) is 0 Å². The number of methoxy groups -OCH3 is 1. The highest BCUT2D eigenvalue weighted by Crippen LogP contribution is 2.29. The van der Waals surface area contributed by atoms with E-state index < -0.39 is 0 Å². The zero-order chi connectivity index (χ0) is 19.3. The van der Waals surface area contributed by atoms with Crippen LogP contribution in [-0.2, 0) is 9.47 Å². The van der Waals surface area contributed by atoms with Crippen molar-refractivity contribution in [2.45, 2.75) is 25.6 Å². The van der Waals surface area contributed by atoms with Crippen molar-refractivity contribution >= 4 is 17.6 Å². The van der Waals surface area contributed by atoms with E-state index in [1.54, 1.807) is 18.2 Å². The van der Waals surface area contributed by atoms with E-state index in [4.69, 9.17) is 38.3 Å². The molecule has 1 aliphatic heterocycles. The molecule has 0 amide bonds. The van der Waals surface area contributed by atoms with Gasteiger partial charge in [0, 0.05) is 13.1 Å². The lowest BCUT2D eigenvalue weighted by molar-refractivity contribution is -0.0782. The third kappa shape index (κ3) is 4.83. The molecule has 26 heavy (non-hydrogen) atoms. The largest absolute Gasteiger partial charge is 0.465 e. The molecule has 7 nitrogen and oxygen atoms in total. The molecule has 0 aliphatic carbocycles. The lowest BCUT2D eigenvalue weighted by Gasteiger charge is -2.40. The third-order valence-corrected chi connectivity index (χ3v) is 4.35. The van der Waals surface area contributed by atoms with Gasteiger partial charge in [0.2, 0.25) is 0 Å². The Kier molecular flexibility index (Phi) is 6.76. The van der Waals surface area contributed by atoms with Gasteiger partial charge in [0.1, 0.15) is 17.1 Å². The Morgan fingerprint density at radius 1 is 1.31 bits per heavy atom. The molecule has 8 heteroatoms. The molecule has 0 saturated carbocycles. The molecule has 1 fully saturated rings. The van der Waals surface area contributed by atoms with Crippen LogP contribution in [0.1, 0.15) is 35.4 Å². The van der Waals surface area contributed by atoms with Crippen molar-refractivity contribution < 1.29 is 14.3 Å². The molecular formula is C18H25ClN4O3. The van der Waals surface area contributed by atoms with E-state index in [9.17, 15) is 4.79 Å². The van der Waals surface area contributed by atoms with Gasteiger partial charge < -0.3 is 31.6 Å². The number of halogens is 1. The average molecular weight is 381 g/mol. The maximum Gasteiger partial charge on any atom is 0.337 e. The zero-order valence-corrected chi connectivity index (χ0v) is 15.7. The maximum atomic E-state index is 11.6. The summed E-state index contributed by atoms with van der Waals surface area (Å²) < 4.78 is 10.9. The van der Waals surface area contributed by atoms with Crippen LogP contribution in [0.25, 0.3) is 0 Å². The van der Waals surface area contributed by atoms with E-state index in [0.717, 1.165) is 12.0 Å². The Bertz CT molecular complexity index is 695. The number of rotatable bonds is 5.